The molecule has 0 spiro atoms. The number of nitrogens with zero attached hydrogens (tertiary/aromatic N) is 3. The first kappa shape index (κ1) is 12.9. The van der Waals surface area contributed by atoms with Crippen LogP contribution in [0.2, 0.25) is 0 Å². The lowest BCUT2D eigenvalue weighted by Crippen LogP contribution is -2.25. The van der Waals surface area contributed by atoms with Gasteiger partial charge in [0.1, 0.15) is 5.82 Å². The zero-order valence-corrected chi connectivity index (χ0v) is 11.6. The highest BCUT2D eigenvalue weighted by Crippen LogP contribution is 2.19. The average molecular weight is 268 g/mol. The molecule has 20 heavy (non-hydrogen) atoms. The number of hydrogen-bond acceptors (Lipinski definition) is 4. The van der Waals surface area contributed by atoms with Gasteiger partial charge in [0.15, 0.2) is 0 Å². The summed E-state index contributed by atoms with van der Waals surface area (Å²) >= 11 is 0. The van der Waals surface area contributed by atoms with Crippen molar-refractivity contribution >= 4 is 17.5 Å². The zero-order valence-electron chi connectivity index (χ0n) is 11.6. The molecule has 4 nitrogen and oxygen atoms in total. The number of aromatic nitrogens is 2. The van der Waals surface area contributed by atoms with Gasteiger partial charge in [-0.25, -0.2) is 4.98 Å². The van der Waals surface area contributed by atoms with Gasteiger partial charge in [-0.05, 0) is 31.0 Å². The maximum absolute atomic E-state index is 4.64. The van der Waals surface area contributed by atoms with Crippen molar-refractivity contribution in [3.8, 4) is 0 Å². The summed E-state index contributed by atoms with van der Waals surface area (Å²) in [7, 11) is 0. The minimum atomic E-state index is 0.665. The lowest BCUT2D eigenvalue weighted by molar-refractivity contribution is 0.726. The third-order valence-corrected chi connectivity index (χ3v) is 3.60. The second kappa shape index (κ2) is 6.37. The summed E-state index contributed by atoms with van der Waals surface area (Å²) < 4.78 is 0. The summed E-state index contributed by atoms with van der Waals surface area (Å²) in [6.07, 6.45) is 7.00. The first-order chi connectivity index (χ1) is 9.92. The van der Waals surface area contributed by atoms with E-state index in [1.54, 1.807) is 0 Å². The van der Waals surface area contributed by atoms with Gasteiger partial charge in [-0.15, -0.1) is 0 Å². The fraction of sp³-hybridized carbons (Fsp3) is 0.375. The van der Waals surface area contributed by atoms with Crippen molar-refractivity contribution in [2.24, 2.45) is 0 Å². The van der Waals surface area contributed by atoms with E-state index < -0.39 is 0 Å². The van der Waals surface area contributed by atoms with Crippen molar-refractivity contribution < 1.29 is 0 Å². The topological polar surface area (TPSA) is 41.1 Å². The van der Waals surface area contributed by atoms with Crippen LogP contribution in [-0.2, 0) is 0 Å². The molecule has 0 saturated carbocycles. The van der Waals surface area contributed by atoms with Gasteiger partial charge in [-0.2, -0.15) is 4.98 Å². The Bertz CT molecular complexity index is 533. The lowest BCUT2D eigenvalue weighted by Gasteiger charge is -2.21. The molecule has 1 aliphatic heterocycles. The highest BCUT2D eigenvalue weighted by Gasteiger charge is 2.11. The average Bonchev–Trinajstić information content (AvgIpc) is 2.78. The fourth-order valence-electron chi connectivity index (χ4n) is 2.54. The molecule has 0 bridgehead atoms. The molecular formula is C16H20N4. The SMILES string of the molecule is c1ccc(Nc2nccc(N3CCCCCC3)n2)cc1. The Hall–Kier alpha value is -2.10. The predicted molar refractivity (Wildman–Crippen MR) is 82.4 cm³/mol. The predicted octanol–water partition coefficient (Wildman–Crippen LogP) is 3.60. The lowest BCUT2D eigenvalue weighted by atomic mass is 10.2. The first-order valence-electron chi connectivity index (χ1n) is 7.32. The molecule has 2 heterocycles. The van der Waals surface area contributed by atoms with E-state index in [9.17, 15) is 0 Å². The summed E-state index contributed by atoms with van der Waals surface area (Å²) in [5, 5.41) is 3.25. The van der Waals surface area contributed by atoms with Crippen LogP contribution < -0.4 is 10.2 Å². The molecule has 1 aromatic carbocycles. The Morgan fingerprint density at radius 2 is 1.65 bits per heavy atom. The van der Waals surface area contributed by atoms with Gasteiger partial charge in [0.05, 0.1) is 0 Å². The van der Waals surface area contributed by atoms with E-state index >= 15 is 0 Å². The van der Waals surface area contributed by atoms with Crippen LogP contribution in [0.3, 0.4) is 0 Å². The van der Waals surface area contributed by atoms with Crippen molar-refractivity contribution in [2.75, 3.05) is 23.3 Å². The maximum atomic E-state index is 4.64. The van der Waals surface area contributed by atoms with E-state index in [2.05, 4.69) is 20.2 Å². The number of hydrogen-bond donors (Lipinski definition) is 1. The quantitative estimate of drug-likeness (QED) is 0.923. The molecule has 1 fully saturated rings. The standard InChI is InChI=1S/C16H20N4/c1-2-7-13-20(12-6-1)15-10-11-17-16(19-15)18-14-8-4-3-5-9-14/h3-5,8-11H,1-2,6-7,12-13H2,(H,17,18,19). The van der Waals surface area contributed by atoms with Crippen LogP contribution in [-0.4, -0.2) is 23.1 Å². The Kier molecular flexibility index (Phi) is 4.11. The summed E-state index contributed by atoms with van der Waals surface area (Å²) in [6.45, 7) is 2.20. The molecule has 1 saturated heterocycles. The molecule has 1 aromatic heterocycles. The summed E-state index contributed by atoms with van der Waals surface area (Å²) in [6, 6.07) is 12.0. The summed E-state index contributed by atoms with van der Waals surface area (Å²) in [4.78, 5) is 11.3. The van der Waals surface area contributed by atoms with Crippen LogP contribution in [0, 0.1) is 0 Å². The Labute approximate surface area is 119 Å². The normalized spacial score (nSPS) is 15.7. The summed E-state index contributed by atoms with van der Waals surface area (Å²) in [5.41, 5.74) is 1.01. The smallest absolute Gasteiger partial charge is 0.229 e. The Morgan fingerprint density at radius 1 is 0.900 bits per heavy atom. The summed E-state index contributed by atoms with van der Waals surface area (Å²) in [5.74, 6) is 1.69. The molecule has 0 aliphatic carbocycles. The van der Waals surface area contributed by atoms with Gasteiger partial charge in [-0.1, -0.05) is 31.0 Å². The van der Waals surface area contributed by atoms with E-state index in [4.69, 9.17) is 0 Å². The van der Waals surface area contributed by atoms with Gasteiger partial charge < -0.3 is 10.2 Å². The van der Waals surface area contributed by atoms with E-state index in [-0.39, 0.29) is 0 Å². The van der Waals surface area contributed by atoms with Gasteiger partial charge in [0, 0.05) is 25.0 Å². The van der Waals surface area contributed by atoms with Crippen LogP contribution in [0.1, 0.15) is 25.7 Å². The Morgan fingerprint density at radius 3 is 2.40 bits per heavy atom. The van der Waals surface area contributed by atoms with Gasteiger partial charge in [0.2, 0.25) is 5.95 Å². The second-order valence-electron chi connectivity index (χ2n) is 5.13. The van der Waals surface area contributed by atoms with Crippen molar-refractivity contribution in [1.82, 2.24) is 9.97 Å². The molecule has 1 aliphatic rings. The van der Waals surface area contributed by atoms with Crippen molar-refractivity contribution in [3.05, 3.63) is 42.6 Å². The third-order valence-electron chi connectivity index (χ3n) is 3.60. The van der Waals surface area contributed by atoms with Gasteiger partial charge in [0.25, 0.3) is 0 Å². The molecule has 0 radical (unpaired) electrons. The molecule has 4 heteroatoms. The second-order valence-corrected chi connectivity index (χ2v) is 5.13. The number of benzene rings is 1. The Balaban J connectivity index is 1.75. The van der Waals surface area contributed by atoms with Gasteiger partial charge >= 0.3 is 0 Å². The molecule has 104 valence electrons. The van der Waals surface area contributed by atoms with E-state index in [0.717, 1.165) is 24.6 Å². The van der Waals surface area contributed by atoms with E-state index in [1.807, 2.05) is 42.6 Å². The zero-order chi connectivity index (χ0) is 13.6. The molecule has 0 unspecified atom stereocenters. The van der Waals surface area contributed by atoms with Crippen molar-refractivity contribution in [3.63, 3.8) is 0 Å². The number of nitrogens with one attached hydrogen (secondary N) is 1. The van der Waals surface area contributed by atoms with Crippen molar-refractivity contribution in [1.29, 1.82) is 0 Å². The van der Waals surface area contributed by atoms with Crippen LogP contribution in [0.4, 0.5) is 17.5 Å². The largest absolute Gasteiger partial charge is 0.356 e. The minimum Gasteiger partial charge on any atom is -0.356 e. The van der Waals surface area contributed by atoms with Crippen LogP contribution in [0.25, 0.3) is 0 Å². The number of para-hydroxylation sites is 1. The molecule has 0 atom stereocenters. The fourth-order valence-corrected chi connectivity index (χ4v) is 2.54. The van der Waals surface area contributed by atoms with Crippen molar-refractivity contribution in [2.45, 2.75) is 25.7 Å². The van der Waals surface area contributed by atoms with E-state index in [1.165, 1.54) is 25.7 Å². The van der Waals surface area contributed by atoms with Crippen LogP contribution >= 0.6 is 0 Å². The third kappa shape index (κ3) is 3.26. The molecule has 3 rings (SSSR count). The van der Waals surface area contributed by atoms with Crippen LogP contribution in [0.15, 0.2) is 42.6 Å². The molecule has 2 aromatic rings. The molecule has 1 N–H and O–H groups in total. The van der Waals surface area contributed by atoms with Crippen LogP contribution in [0.5, 0.6) is 0 Å². The minimum absolute atomic E-state index is 0.665. The highest BCUT2D eigenvalue weighted by atomic mass is 15.2. The number of rotatable bonds is 3. The van der Waals surface area contributed by atoms with Gasteiger partial charge in [-0.3, -0.25) is 0 Å². The molecule has 0 amide bonds. The maximum Gasteiger partial charge on any atom is 0.229 e. The first-order valence-corrected chi connectivity index (χ1v) is 7.32. The molecular weight excluding hydrogens is 248 g/mol. The monoisotopic (exact) mass is 268 g/mol. The van der Waals surface area contributed by atoms with E-state index in [0.29, 0.717) is 5.95 Å². The highest BCUT2D eigenvalue weighted by molar-refractivity contribution is 5.54. The number of anilines is 3.